The van der Waals surface area contributed by atoms with Crippen LogP contribution in [0, 0.1) is 5.82 Å². The fourth-order valence-corrected chi connectivity index (χ4v) is 1.49. The number of hydrogen-bond donors (Lipinski definition) is 0. The Morgan fingerprint density at radius 3 is 2.50 bits per heavy atom. The molecule has 1 aromatic rings. The van der Waals surface area contributed by atoms with E-state index in [1.165, 1.54) is 18.2 Å². The molecule has 0 atom stereocenters. The molecule has 0 saturated carbocycles. The van der Waals surface area contributed by atoms with E-state index in [0.717, 1.165) is 0 Å². The quantitative estimate of drug-likeness (QED) is 0.407. The van der Waals surface area contributed by atoms with E-state index in [1.54, 1.807) is 6.92 Å². The Balaban J connectivity index is 2.35. The molecule has 0 aliphatic rings. The highest BCUT2D eigenvalue weighted by Crippen LogP contribution is 2.28. The molecule has 124 valence electrons. The van der Waals surface area contributed by atoms with E-state index in [1.807, 2.05) is 0 Å². The van der Waals surface area contributed by atoms with Crippen LogP contribution in [-0.4, -0.2) is 36.4 Å². The van der Waals surface area contributed by atoms with Crippen LogP contribution in [-0.2, 0) is 9.47 Å². The van der Waals surface area contributed by atoms with Crippen molar-refractivity contribution < 1.29 is 28.1 Å². The third-order valence-corrected chi connectivity index (χ3v) is 2.45. The lowest BCUT2D eigenvalue weighted by molar-refractivity contribution is 0.0470. The van der Waals surface area contributed by atoms with E-state index < -0.39 is 22.4 Å². The molecule has 0 heterocycles. The Bertz CT molecular complexity index is 493. The topological polar surface area (TPSA) is 54.0 Å². The Kier molecular flexibility index (Phi) is 7.85. The van der Waals surface area contributed by atoms with Crippen molar-refractivity contribution in [2.75, 3.05) is 26.4 Å². The summed E-state index contributed by atoms with van der Waals surface area (Å²) in [5.41, 5.74) is 0. The molecule has 0 saturated heterocycles. The summed E-state index contributed by atoms with van der Waals surface area (Å²) in [6, 6.07) is 3.87. The van der Waals surface area contributed by atoms with E-state index in [9.17, 15) is 9.18 Å². The average Bonchev–Trinajstić information content (AvgIpc) is 2.43. The number of hydrogen-bond acceptors (Lipinski definition) is 5. The van der Waals surface area contributed by atoms with Gasteiger partial charge in [0.05, 0.1) is 6.61 Å². The average molecular weight is 376 g/mol. The van der Waals surface area contributed by atoms with Crippen LogP contribution in [0.25, 0.3) is 0 Å². The predicted molar refractivity (Wildman–Crippen MR) is 80.7 cm³/mol. The number of alkyl halides is 3. The van der Waals surface area contributed by atoms with Crippen LogP contribution in [0.3, 0.4) is 0 Å². The van der Waals surface area contributed by atoms with Crippen LogP contribution in [0.5, 0.6) is 11.5 Å². The number of benzene rings is 1. The summed E-state index contributed by atoms with van der Waals surface area (Å²) in [4.78, 5) is 11.2. The van der Waals surface area contributed by atoms with E-state index in [0.29, 0.717) is 12.4 Å². The van der Waals surface area contributed by atoms with Gasteiger partial charge in [0.25, 0.3) is 0 Å². The molecule has 22 heavy (non-hydrogen) atoms. The summed E-state index contributed by atoms with van der Waals surface area (Å²) in [5.74, 6) is 0.129. The zero-order valence-corrected chi connectivity index (χ0v) is 13.9. The number of ether oxygens (including phenoxy) is 4. The van der Waals surface area contributed by atoms with Crippen molar-refractivity contribution in [1.29, 1.82) is 0 Å². The number of halogens is 4. The van der Waals surface area contributed by atoms with Gasteiger partial charge in [0, 0.05) is 6.07 Å². The van der Waals surface area contributed by atoms with E-state index >= 15 is 0 Å². The van der Waals surface area contributed by atoms with E-state index in [2.05, 4.69) is 4.74 Å². The summed E-state index contributed by atoms with van der Waals surface area (Å²) in [7, 11) is 0. The minimum Gasteiger partial charge on any atom is -0.490 e. The van der Waals surface area contributed by atoms with Crippen LogP contribution in [0.4, 0.5) is 9.18 Å². The number of rotatable bonds is 7. The summed E-state index contributed by atoms with van der Waals surface area (Å²) in [5, 5.41) is 0. The van der Waals surface area contributed by atoms with Crippen molar-refractivity contribution >= 4 is 41.0 Å². The second kappa shape index (κ2) is 9.12. The summed E-state index contributed by atoms with van der Waals surface area (Å²) < 4.78 is 31.3. The SMILES string of the molecule is CCOc1ccc(F)cc1OCCOC(=O)OCC(Cl)(Cl)Cl. The molecule has 0 spiro atoms. The summed E-state index contributed by atoms with van der Waals surface area (Å²) in [6.07, 6.45) is -1.00. The fourth-order valence-electron chi connectivity index (χ4n) is 1.33. The number of carbonyl (C=O) groups is 1. The molecule has 1 rings (SSSR count). The van der Waals surface area contributed by atoms with Crippen LogP contribution in [0.15, 0.2) is 18.2 Å². The van der Waals surface area contributed by atoms with Crippen LogP contribution in [0.2, 0.25) is 0 Å². The molecule has 0 bridgehead atoms. The third-order valence-electron chi connectivity index (χ3n) is 2.12. The van der Waals surface area contributed by atoms with Crippen molar-refractivity contribution in [3.05, 3.63) is 24.0 Å². The van der Waals surface area contributed by atoms with E-state index in [-0.39, 0.29) is 19.0 Å². The monoisotopic (exact) mass is 374 g/mol. The maximum absolute atomic E-state index is 13.2. The second-order valence-electron chi connectivity index (χ2n) is 3.87. The zero-order chi connectivity index (χ0) is 16.6. The predicted octanol–water partition coefficient (Wildman–Crippen LogP) is 4.13. The molecule has 0 aliphatic heterocycles. The molecule has 0 radical (unpaired) electrons. The lowest BCUT2D eigenvalue weighted by Crippen LogP contribution is -2.19. The van der Waals surface area contributed by atoms with Crippen molar-refractivity contribution in [2.45, 2.75) is 10.7 Å². The molecule has 1 aromatic carbocycles. The zero-order valence-electron chi connectivity index (χ0n) is 11.6. The first-order chi connectivity index (χ1) is 10.3. The highest BCUT2D eigenvalue weighted by Gasteiger charge is 2.22. The van der Waals surface area contributed by atoms with Crippen LogP contribution >= 0.6 is 34.8 Å². The Morgan fingerprint density at radius 2 is 1.86 bits per heavy atom. The maximum Gasteiger partial charge on any atom is 0.508 e. The highest BCUT2D eigenvalue weighted by molar-refractivity contribution is 6.67. The van der Waals surface area contributed by atoms with Gasteiger partial charge in [0.2, 0.25) is 3.79 Å². The lowest BCUT2D eigenvalue weighted by atomic mass is 10.3. The van der Waals surface area contributed by atoms with Gasteiger partial charge in [-0.2, -0.15) is 0 Å². The van der Waals surface area contributed by atoms with Gasteiger partial charge < -0.3 is 18.9 Å². The van der Waals surface area contributed by atoms with Gasteiger partial charge in [-0.1, -0.05) is 34.8 Å². The van der Waals surface area contributed by atoms with Gasteiger partial charge in [-0.25, -0.2) is 9.18 Å². The van der Waals surface area contributed by atoms with Crippen molar-refractivity contribution in [2.24, 2.45) is 0 Å². The third kappa shape index (κ3) is 7.77. The largest absolute Gasteiger partial charge is 0.508 e. The first-order valence-electron chi connectivity index (χ1n) is 6.23. The van der Waals surface area contributed by atoms with E-state index in [4.69, 9.17) is 49.0 Å². The van der Waals surface area contributed by atoms with Crippen molar-refractivity contribution in [3.8, 4) is 11.5 Å². The Morgan fingerprint density at radius 1 is 1.14 bits per heavy atom. The molecule has 0 unspecified atom stereocenters. The molecule has 0 fully saturated rings. The van der Waals surface area contributed by atoms with Gasteiger partial charge in [-0.15, -0.1) is 0 Å². The first kappa shape index (κ1) is 18.9. The smallest absolute Gasteiger partial charge is 0.490 e. The molecule has 0 aromatic heterocycles. The summed E-state index contributed by atoms with van der Waals surface area (Å²) >= 11 is 16.2. The molecule has 0 N–H and O–H groups in total. The first-order valence-corrected chi connectivity index (χ1v) is 7.36. The van der Waals surface area contributed by atoms with Crippen molar-refractivity contribution in [3.63, 3.8) is 0 Å². The highest BCUT2D eigenvalue weighted by atomic mass is 35.6. The normalized spacial score (nSPS) is 11.0. The maximum atomic E-state index is 13.2. The number of carbonyl (C=O) groups excluding carboxylic acids is 1. The van der Waals surface area contributed by atoms with Crippen molar-refractivity contribution in [1.82, 2.24) is 0 Å². The van der Waals surface area contributed by atoms with Gasteiger partial charge in [0.15, 0.2) is 11.5 Å². The van der Waals surface area contributed by atoms with Crippen LogP contribution in [0.1, 0.15) is 6.92 Å². The Hall–Kier alpha value is -1.11. The van der Waals surface area contributed by atoms with Gasteiger partial charge in [0.1, 0.15) is 25.6 Å². The Labute approximate surface area is 142 Å². The van der Waals surface area contributed by atoms with Gasteiger partial charge in [-0.05, 0) is 19.1 Å². The summed E-state index contributed by atoms with van der Waals surface area (Å²) in [6.45, 7) is 1.61. The molecular weight excluding hydrogens is 361 g/mol. The minimum absolute atomic E-state index is 0.0214. The molecule has 0 amide bonds. The fraction of sp³-hybridized carbons (Fsp3) is 0.462. The lowest BCUT2D eigenvalue weighted by Gasteiger charge is -2.13. The second-order valence-corrected chi connectivity index (χ2v) is 6.39. The minimum atomic E-state index is -1.70. The van der Waals surface area contributed by atoms with Crippen LogP contribution < -0.4 is 9.47 Å². The molecule has 5 nitrogen and oxygen atoms in total. The van der Waals surface area contributed by atoms with Gasteiger partial charge in [-0.3, -0.25) is 0 Å². The van der Waals surface area contributed by atoms with Gasteiger partial charge >= 0.3 is 6.16 Å². The standard InChI is InChI=1S/C13H14Cl3FO5/c1-2-19-10-4-3-9(17)7-11(10)20-5-6-21-12(18)22-8-13(14,15)16/h3-4,7H,2,5-6,8H2,1H3. The molecule has 0 aliphatic carbocycles. The molecular formula is C13H14Cl3FO5. The molecule has 9 heteroatoms.